The minimum atomic E-state index is 0.847. The Labute approximate surface area is 45.1 Å². The quantitative estimate of drug-likeness (QED) is 0.561. The van der Waals surface area contributed by atoms with Crippen molar-refractivity contribution >= 4 is 0 Å². The third kappa shape index (κ3) is 1.93. The van der Waals surface area contributed by atoms with E-state index in [2.05, 4.69) is 18.8 Å². The third-order valence-corrected chi connectivity index (χ3v) is 1.14. The van der Waals surface area contributed by atoms with Crippen LogP contribution in [0.3, 0.4) is 0 Å². The summed E-state index contributed by atoms with van der Waals surface area (Å²) in [6.07, 6.45) is 3.92. The van der Waals surface area contributed by atoms with E-state index < -0.39 is 0 Å². The van der Waals surface area contributed by atoms with Crippen LogP contribution in [0, 0.1) is 6.54 Å². The fraction of sp³-hybridized carbons (Fsp3) is 0.833. The van der Waals surface area contributed by atoms with Gasteiger partial charge >= 0.3 is 0 Å². The second-order valence-corrected chi connectivity index (χ2v) is 2.05. The van der Waals surface area contributed by atoms with Crippen LogP contribution in [0.25, 0.3) is 0 Å². The van der Waals surface area contributed by atoms with Crippen LogP contribution in [0.5, 0.6) is 0 Å². The van der Waals surface area contributed by atoms with Crippen molar-refractivity contribution in [2.75, 3.05) is 0 Å². The Morgan fingerprint density at radius 1 is 1.71 bits per heavy atom. The van der Waals surface area contributed by atoms with Gasteiger partial charge in [-0.3, -0.25) is 0 Å². The summed E-state index contributed by atoms with van der Waals surface area (Å²) in [5.41, 5.74) is 0. The van der Waals surface area contributed by atoms with E-state index in [9.17, 15) is 0 Å². The van der Waals surface area contributed by atoms with Crippen LogP contribution in [0.15, 0.2) is 0 Å². The summed E-state index contributed by atoms with van der Waals surface area (Å²) in [5.74, 6) is 0. The highest BCUT2D eigenvalue weighted by atomic mass is 14.9. The monoisotopic (exact) mass is 98.1 g/mol. The van der Waals surface area contributed by atoms with E-state index in [1.807, 2.05) is 0 Å². The van der Waals surface area contributed by atoms with Gasteiger partial charge in [-0.2, -0.15) is 0 Å². The van der Waals surface area contributed by atoms with Crippen LogP contribution >= 0.6 is 0 Å². The molecule has 0 unspecified atom stereocenters. The molecule has 1 radical (unpaired) electrons. The molecule has 1 aliphatic carbocycles. The van der Waals surface area contributed by atoms with Crippen molar-refractivity contribution in [3.05, 3.63) is 6.54 Å². The molecule has 0 aliphatic heterocycles. The molecular weight excluding hydrogens is 86.1 g/mol. The van der Waals surface area contributed by atoms with Gasteiger partial charge in [-0.15, -0.1) is 0 Å². The molecule has 0 heterocycles. The molecule has 1 rings (SSSR count). The van der Waals surface area contributed by atoms with Crippen molar-refractivity contribution in [3.63, 3.8) is 0 Å². The molecule has 0 aromatic carbocycles. The molecule has 7 heavy (non-hydrogen) atoms. The predicted molar refractivity (Wildman–Crippen MR) is 30.7 cm³/mol. The number of rotatable bonds is 3. The highest BCUT2D eigenvalue weighted by Gasteiger charge is 2.18. The molecule has 0 spiro atoms. The highest BCUT2D eigenvalue weighted by molar-refractivity contribution is 4.83. The minimum Gasteiger partial charge on any atom is -0.310 e. The zero-order valence-electron chi connectivity index (χ0n) is 4.78. The molecule has 0 aromatic heterocycles. The van der Waals surface area contributed by atoms with Gasteiger partial charge in [0.15, 0.2) is 0 Å². The van der Waals surface area contributed by atoms with Crippen molar-refractivity contribution in [1.29, 1.82) is 0 Å². The maximum Gasteiger partial charge on any atom is 0.0221 e. The highest BCUT2D eigenvalue weighted by Crippen LogP contribution is 2.18. The maximum absolute atomic E-state index is 3.28. The molecule has 1 saturated carbocycles. The Morgan fingerprint density at radius 2 is 2.43 bits per heavy atom. The van der Waals surface area contributed by atoms with Gasteiger partial charge in [0, 0.05) is 12.6 Å². The van der Waals surface area contributed by atoms with Crippen LogP contribution in [0.1, 0.15) is 26.2 Å². The lowest BCUT2D eigenvalue weighted by molar-refractivity contribution is 0.758. The minimum absolute atomic E-state index is 0.847. The summed E-state index contributed by atoms with van der Waals surface area (Å²) in [6.45, 7) is 4.28. The Morgan fingerprint density at radius 3 is 2.86 bits per heavy atom. The van der Waals surface area contributed by atoms with E-state index in [1.54, 1.807) is 0 Å². The first-order valence-corrected chi connectivity index (χ1v) is 3.01. The van der Waals surface area contributed by atoms with E-state index in [0.717, 1.165) is 12.5 Å². The van der Waals surface area contributed by atoms with Gasteiger partial charge in [0.25, 0.3) is 0 Å². The van der Waals surface area contributed by atoms with E-state index in [1.165, 1.54) is 12.8 Å². The molecule has 0 bridgehead atoms. The predicted octanol–water partition coefficient (Wildman–Crippen LogP) is 1.31. The number of hydrogen-bond acceptors (Lipinski definition) is 1. The fourth-order valence-corrected chi connectivity index (χ4v) is 0.535. The van der Waals surface area contributed by atoms with Crippen LogP contribution in [0.4, 0.5) is 0 Å². The smallest absolute Gasteiger partial charge is 0.0221 e. The summed E-state index contributed by atoms with van der Waals surface area (Å²) >= 11 is 0. The van der Waals surface area contributed by atoms with Crippen LogP contribution in [0.2, 0.25) is 0 Å². The van der Waals surface area contributed by atoms with Crippen molar-refractivity contribution in [3.8, 4) is 0 Å². The first kappa shape index (κ1) is 5.10. The van der Waals surface area contributed by atoms with Gasteiger partial charge < -0.3 is 5.32 Å². The van der Waals surface area contributed by atoms with E-state index in [-0.39, 0.29) is 0 Å². The second-order valence-electron chi connectivity index (χ2n) is 2.05. The second kappa shape index (κ2) is 2.31. The zero-order chi connectivity index (χ0) is 5.11. The van der Waals surface area contributed by atoms with Gasteiger partial charge in [0.05, 0.1) is 0 Å². The molecule has 0 amide bonds. The molecule has 0 aromatic rings. The van der Waals surface area contributed by atoms with Crippen molar-refractivity contribution < 1.29 is 0 Å². The Bertz CT molecular complexity index is 48.1. The summed E-state index contributed by atoms with van der Waals surface area (Å²) in [6, 6.07) is 0.847. The molecule has 41 valence electrons. The fourth-order valence-electron chi connectivity index (χ4n) is 0.535. The summed E-state index contributed by atoms with van der Waals surface area (Å²) < 4.78 is 0. The van der Waals surface area contributed by atoms with E-state index in [4.69, 9.17) is 0 Å². The largest absolute Gasteiger partial charge is 0.310 e. The Hall–Kier alpha value is -0.0400. The summed E-state index contributed by atoms with van der Waals surface area (Å²) in [7, 11) is 0. The topological polar surface area (TPSA) is 12.0 Å². The molecule has 1 heteroatoms. The number of nitrogens with one attached hydrogen (secondary N) is 1. The number of hydrogen-bond donors (Lipinski definition) is 1. The molecular formula is C6H12N. The lowest BCUT2D eigenvalue weighted by atomic mass is 10.5. The lowest BCUT2D eigenvalue weighted by Crippen LogP contribution is -2.10. The maximum atomic E-state index is 3.28. The lowest BCUT2D eigenvalue weighted by Gasteiger charge is -1.93. The Balaban J connectivity index is 1.80. The third-order valence-electron chi connectivity index (χ3n) is 1.14. The zero-order valence-corrected chi connectivity index (χ0v) is 4.78. The van der Waals surface area contributed by atoms with Crippen LogP contribution in [-0.2, 0) is 0 Å². The van der Waals surface area contributed by atoms with Crippen LogP contribution in [-0.4, -0.2) is 6.04 Å². The van der Waals surface area contributed by atoms with Crippen molar-refractivity contribution in [1.82, 2.24) is 5.32 Å². The van der Waals surface area contributed by atoms with Gasteiger partial charge in [-0.25, -0.2) is 0 Å². The van der Waals surface area contributed by atoms with Gasteiger partial charge in [-0.05, 0) is 19.3 Å². The summed E-state index contributed by atoms with van der Waals surface area (Å²) in [5, 5.41) is 3.28. The molecule has 1 fully saturated rings. The van der Waals surface area contributed by atoms with Crippen LogP contribution < -0.4 is 5.32 Å². The first-order valence-electron chi connectivity index (χ1n) is 3.01. The van der Waals surface area contributed by atoms with Gasteiger partial charge in [-0.1, -0.05) is 6.92 Å². The molecule has 1 N–H and O–H groups in total. The van der Waals surface area contributed by atoms with Crippen molar-refractivity contribution in [2.45, 2.75) is 32.2 Å². The average molecular weight is 98.2 g/mol. The van der Waals surface area contributed by atoms with Gasteiger partial charge in [0.1, 0.15) is 0 Å². The molecule has 0 saturated heterocycles. The molecule has 1 aliphatic rings. The molecule has 0 atom stereocenters. The average Bonchev–Trinajstić information content (AvgIpc) is 2.42. The van der Waals surface area contributed by atoms with Gasteiger partial charge in [0.2, 0.25) is 0 Å². The first-order chi connectivity index (χ1) is 3.43. The van der Waals surface area contributed by atoms with Crippen molar-refractivity contribution in [2.24, 2.45) is 0 Å². The normalized spacial score (nSPS) is 20.1. The standard InChI is InChI=1S/C6H12N/c1-2-5-7-6-3-4-6/h5-7H,2-4H2,1H3. The molecule has 1 nitrogen and oxygen atoms in total. The van der Waals surface area contributed by atoms with E-state index in [0.29, 0.717) is 0 Å². The summed E-state index contributed by atoms with van der Waals surface area (Å²) in [4.78, 5) is 0. The Kier molecular flexibility index (Phi) is 1.69. The SMILES string of the molecule is CC[CH]NC1CC1. The van der Waals surface area contributed by atoms with E-state index >= 15 is 0 Å².